The van der Waals surface area contributed by atoms with Crippen molar-refractivity contribution >= 4 is 17.5 Å². The SMILES string of the molecule is CCCn1nc(C)c([N+](=O)[O-])c1NC(C)(CC)C(=O)O. The van der Waals surface area contributed by atoms with Gasteiger partial charge in [0.2, 0.25) is 5.82 Å². The van der Waals surface area contributed by atoms with E-state index in [1.165, 1.54) is 11.6 Å². The smallest absolute Gasteiger partial charge is 0.333 e. The van der Waals surface area contributed by atoms with Crippen LogP contribution in [0.4, 0.5) is 11.5 Å². The van der Waals surface area contributed by atoms with Gasteiger partial charge in [-0.2, -0.15) is 5.10 Å². The third-order valence-electron chi connectivity index (χ3n) is 3.29. The number of aromatic nitrogens is 2. The summed E-state index contributed by atoms with van der Waals surface area (Å²) in [7, 11) is 0. The standard InChI is InChI=1S/C12H20N4O4/c1-5-7-15-10(9(16(19)20)8(3)14-15)13-12(4,6-2)11(17)18/h13H,5-7H2,1-4H3,(H,17,18). The minimum absolute atomic E-state index is 0.154. The predicted molar refractivity (Wildman–Crippen MR) is 73.9 cm³/mol. The Morgan fingerprint density at radius 1 is 1.55 bits per heavy atom. The highest BCUT2D eigenvalue weighted by molar-refractivity contribution is 5.83. The van der Waals surface area contributed by atoms with Gasteiger partial charge in [0.05, 0.1) is 4.92 Å². The van der Waals surface area contributed by atoms with Gasteiger partial charge in [0.15, 0.2) is 0 Å². The molecule has 20 heavy (non-hydrogen) atoms. The number of rotatable bonds is 7. The molecule has 8 nitrogen and oxygen atoms in total. The Kier molecular flexibility index (Phi) is 4.69. The molecule has 0 fully saturated rings. The number of aryl methyl sites for hydroxylation is 2. The molecule has 8 heteroatoms. The van der Waals surface area contributed by atoms with Crippen LogP contribution in [0.15, 0.2) is 0 Å². The summed E-state index contributed by atoms with van der Waals surface area (Å²) in [5, 5.41) is 27.4. The monoisotopic (exact) mass is 284 g/mol. The zero-order chi connectivity index (χ0) is 15.5. The number of hydrogen-bond acceptors (Lipinski definition) is 5. The van der Waals surface area contributed by atoms with Crippen LogP contribution in [0.1, 0.15) is 39.3 Å². The second kappa shape index (κ2) is 5.89. The lowest BCUT2D eigenvalue weighted by Crippen LogP contribution is -2.43. The molecule has 1 heterocycles. The summed E-state index contributed by atoms with van der Waals surface area (Å²) in [5.41, 5.74) is -1.17. The molecule has 112 valence electrons. The number of carbonyl (C=O) groups is 1. The maximum Gasteiger partial charge on any atom is 0.333 e. The van der Waals surface area contributed by atoms with E-state index in [9.17, 15) is 20.0 Å². The number of aliphatic carboxylic acids is 1. The number of carboxylic acids is 1. The molecule has 0 aliphatic carbocycles. The molecule has 2 N–H and O–H groups in total. The van der Waals surface area contributed by atoms with Gasteiger partial charge in [-0.3, -0.25) is 10.1 Å². The lowest BCUT2D eigenvalue weighted by molar-refractivity contribution is -0.384. The number of nitro groups is 1. The van der Waals surface area contributed by atoms with Gasteiger partial charge in [-0.1, -0.05) is 13.8 Å². The van der Waals surface area contributed by atoms with Crippen molar-refractivity contribution in [2.75, 3.05) is 5.32 Å². The Balaban J connectivity index is 3.33. The van der Waals surface area contributed by atoms with Crippen LogP contribution in [-0.2, 0) is 11.3 Å². The molecule has 0 aromatic carbocycles. The van der Waals surface area contributed by atoms with E-state index in [0.717, 1.165) is 6.42 Å². The molecule has 1 unspecified atom stereocenters. The third-order valence-corrected chi connectivity index (χ3v) is 3.29. The van der Waals surface area contributed by atoms with Gasteiger partial charge in [0, 0.05) is 6.54 Å². The van der Waals surface area contributed by atoms with Gasteiger partial charge < -0.3 is 10.4 Å². The molecule has 1 rings (SSSR count). The average Bonchev–Trinajstić information content (AvgIpc) is 2.65. The minimum atomic E-state index is -1.28. The fourth-order valence-corrected chi connectivity index (χ4v) is 1.84. The molecule has 0 saturated heterocycles. The Morgan fingerprint density at radius 3 is 2.55 bits per heavy atom. The van der Waals surface area contributed by atoms with Crippen molar-refractivity contribution in [1.82, 2.24) is 9.78 Å². The van der Waals surface area contributed by atoms with Crippen molar-refractivity contribution in [3.8, 4) is 0 Å². The lowest BCUT2D eigenvalue weighted by Gasteiger charge is -2.25. The lowest BCUT2D eigenvalue weighted by atomic mass is 9.99. The minimum Gasteiger partial charge on any atom is -0.480 e. The van der Waals surface area contributed by atoms with Gasteiger partial charge in [-0.05, 0) is 26.7 Å². The Hall–Kier alpha value is -2.12. The first-order chi connectivity index (χ1) is 9.26. The number of nitrogens with one attached hydrogen (secondary N) is 1. The highest BCUT2D eigenvalue weighted by Gasteiger charge is 2.36. The maximum atomic E-state index is 11.4. The van der Waals surface area contributed by atoms with Gasteiger partial charge in [-0.25, -0.2) is 9.48 Å². The quantitative estimate of drug-likeness (QED) is 0.586. The average molecular weight is 284 g/mol. The van der Waals surface area contributed by atoms with Crippen molar-refractivity contribution in [3.63, 3.8) is 0 Å². The van der Waals surface area contributed by atoms with Gasteiger partial charge in [0.25, 0.3) is 0 Å². The highest BCUT2D eigenvalue weighted by Crippen LogP contribution is 2.31. The summed E-state index contributed by atoms with van der Waals surface area (Å²) >= 11 is 0. The highest BCUT2D eigenvalue weighted by atomic mass is 16.6. The van der Waals surface area contributed by atoms with Crippen molar-refractivity contribution in [1.29, 1.82) is 0 Å². The van der Waals surface area contributed by atoms with Crippen LogP contribution in [0.25, 0.3) is 0 Å². The molecule has 0 saturated carbocycles. The molecule has 0 aliphatic heterocycles. The zero-order valence-electron chi connectivity index (χ0n) is 12.1. The number of nitrogens with zero attached hydrogens (tertiary/aromatic N) is 3. The number of anilines is 1. The predicted octanol–water partition coefficient (Wildman–Crippen LogP) is 2.17. The molecular formula is C12H20N4O4. The van der Waals surface area contributed by atoms with Crippen LogP contribution in [-0.4, -0.2) is 31.3 Å². The first-order valence-corrected chi connectivity index (χ1v) is 6.50. The van der Waals surface area contributed by atoms with Gasteiger partial charge in [-0.15, -0.1) is 0 Å². The largest absolute Gasteiger partial charge is 0.480 e. The molecule has 0 bridgehead atoms. The zero-order valence-corrected chi connectivity index (χ0v) is 12.1. The molecule has 0 aliphatic rings. The van der Waals surface area contributed by atoms with Crippen molar-refractivity contribution in [3.05, 3.63) is 15.8 Å². The summed E-state index contributed by atoms with van der Waals surface area (Å²) in [6.07, 6.45) is 1.03. The fourth-order valence-electron chi connectivity index (χ4n) is 1.84. The summed E-state index contributed by atoms with van der Waals surface area (Å²) < 4.78 is 1.46. The Labute approximate surface area is 116 Å². The van der Waals surface area contributed by atoms with E-state index in [0.29, 0.717) is 6.54 Å². The number of carboxylic acid groups (broad SMARTS) is 1. The van der Waals surface area contributed by atoms with Crippen molar-refractivity contribution in [2.24, 2.45) is 0 Å². The van der Waals surface area contributed by atoms with Gasteiger partial charge >= 0.3 is 11.7 Å². The van der Waals surface area contributed by atoms with Gasteiger partial charge in [0.1, 0.15) is 11.2 Å². The molecule has 1 aromatic rings. The Bertz CT molecular complexity index is 526. The van der Waals surface area contributed by atoms with Crippen LogP contribution in [0.5, 0.6) is 0 Å². The normalized spacial score (nSPS) is 13.8. The molecule has 1 atom stereocenters. The van der Waals surface area contributed by atoms with E-state index in [4.69, 9.17) is 0 Å². The van der Waals surface area contributed by atoms with Crippen molar-refractivity contribution in [2.45, 2.75) is 52.6 Å². The molecule has 0 spiro atoms. The van der Waals surface area contributed by atoms with E-state index in [-0.39, 0.29) is 23.6 Å². The van der Waals surface area contributed by atoms with E-state index >= 15 is 0 Å². The molecular weight excluding hydrogens is 264 g/mol. The molecule has 0 amide bonds. The van der Waals surface area contributed by atoms with E-state index in [1.54, 1.807) is 13.8 Å². The summed E-state index contributed by atoms with van der Waals surface area (Å²) in [6.45, 7) is 7.15. The van der Waals surface area contributed by atoms with Crippen molar-refractivity contribution < 1.29 is 14.8 Å². The first kappa shape index (κ1) is 15.9. The molecule has 0 radical (unpaired) electrons. The van der Waals surface area contributed by atoms with Crippen LogP contribution < -0.4 is 5.32 Å². The second-order valence-electron chi connectivity index (χ2n) is 4.88. The Morgan fingerprint density at radius 2 is 2.15 bits per heavy atom. The topological polar surface area (TPSA) is 110 Å². The summed E-state index contributed by atoms with van der Waals surface area (Å²) in [4.78, 5) is 22.0. The first-order valence-electron chi connectivity index (χ1n) is 6.50. The van der Waals surface area contributed by atoms with E-state index in [1.807, 2.05) is 6.92 Å². The fraction of sp³-hybridized carbons (Fsp3) is 0.667. The van der Waals surface area contributed by atoms with E-state index < -0.39 is 16.4 Å². The number of hydrogen-bond donors (Lipinski definition) is 2. The second-order valence-corrected chi connectivity index (χ2v) is 4.88. The summed E-state index contributed by atoms with van der Waals surface area (Å²) in [6, 6.07) is 0. The van der Waals surface area contributed by atoms with Crippen LogP contribution in [0, 0.1) is 17.0 Å². The maximum absolute atomic E-state index is 11.4. The van der Waals surface area contributed by atoms with E-state index in [2.05, 4.69) is 10.4 Å². The van der Waals surface area contributed by atoms with Crippen LogP contribution >= 0.6 is 0 Å². The summed E-state index contributed by atoms with van der Waals surface area (Å²) in [5.74, 6) is -0.905. The van der Waals surface area contributed by atoms with Crippen LogP contribution in [0.2, 0.25) is 0 Å². The third kappa shape index (κ3) is 2.89. The molecule has 1 aromatic heterocycles. The van der Waals surface area contributed by atoms with Crippen LogP contribution in [0.3, 0.4) is 0 Å².